The molecule has 1 atom stereocenters. The highest BCUT2D eigenvalue weighted by Crippen LogP contribution is 2.26. The van der Waals surface area contributed by atoms with E-state index < -0.39 is 12.1 Å². The van der Waals surface area contributed by atoms with Gasteiger partial charge in [-0.25, -0.2) is 4.79 Å². The van der Waals surface area contributed by atoms with Crippen LogP contribution >= 0.6 is 22.6 Å². The number of benzene rings is 4. The van der Waals surface area contributed by atoms with Crippen molar-refractivity contribution in [1.82, 2.24) is 5.32 Å². The Morgan fingerprint density at radius 2 is 1.41 bits per heavy atom. The molecule has 0 spiro atoms. The van der Waals surface area contributed by atoms with Gasteiger partial charge in [-0.2, -0.15) is 0 Å². The number of carboxylic acids is 1. The monoisotopic (exact) mass is 537 g/mol. The highest BCUT2D eigenvalue weighted by molar-refractivity contribution is 14.1. The van der Waals surface area contributed by atoms with Gasteiger partial charge in [-0.15, -0.1) is 0 Å². The Labute approximate surface area is 198 Å². The van der Waals surface area contributed by atoms with Gasteiger partial charge in [-0.3, -0.25) is 4.79 Å². The Kier molecular flexibility index (Phi) is 6.53. The minimum Gasteiger partial charge on any atom is -0.478 e. The van der Waals surface area contributed by atoms with E-state index in [0.29, 0.717) is 23.2 Å². The maximum atomic E-state index is 12.6. The molecule has 160 valence electrons. The number of nitrogens with one attached hydrogen (secondary N) is 1. The van der Waals surface area contributed by atoms with Crippen LogP contribution < -0.4 is 5.32 Å². The Morgan fingerprint density at radius 1 is 0.781 bits per heavy atom. The van der Waals surface area contributed by atoms with E-state index in [1.54, 1.807) is 18.2 Å². The van der Waals surface area contributed by atoms with Gasteiger partial charge in [0.15, 0.2) is 0 Å². The number of amides is 1. The lowest BCUT2D eigenvalue weighted by Gasteiger charge is -2.13. The van der Waals surface area contributed by atoms with E-state index in [1.807, 2.05) is 54.6 Å². The second kappa shape index (κ2) is 9.50. The molecule has 3 N–H and O–H groups in total. The second-order valence-corrected chi connectivity index (χ2v) is 8.71. The first-order chi connectivity index (χ1) is 15.4. The predicted molar refractivity (Wildman–Crippen MR) is 132 cm³/mol. The molecule has 1 unspecified atom stereocenters. The molecule has 0 radical (unpaired) electrons. The van der Waals surface area contributed by atoms with Crippen molar-refractivity contribution in [2.24, 2.45) is 0 Å². The molecular formula is C26H20INO4. The summed E-state index contributed by atoms with van der Waals surface area (Å²) in [5.41, 5.74) is 3.00. The van der Waals surface area contributed by atoms with Crippen molar-refractivity contribution in [3.63, 3.8) is 0 Å². The normalized spacial score (nSPS) is 11.8. The summed E-state index contributed by atoms with van der Waals surface area (Å²) < 4.78 is 1.14. The lowest BCUT2D eigenvalue weighted by Crippen LogP contribution is -2.22. The molecule has 0 aromatic heterocycles. The quantitative estimate of drug-likeness (QED) is 0.297. The standard InChI is InChI=1S/C26H20INO4/c27-23-11-1-16(2-12-23)15-28-25(30)21-10-4-17-3-9-20(13-22(17)14-21)24(29)18-5-7-19(8-6-18)26(31)32/h1-14,24,29H,15H2,(H,28,30)(H,31,32). The summed E-state index contributed by atoms with van der Waals surface area (Å²) in [6, 6.07) is 25.2. The Balaban J connectivity index is 1.53. The molecule has 4 aromatic rings. The van der Waals surface area contributed by atoms with Crippen LogP contribution in [0.25, 0.3) is 10.8 Å². The number of carboxylic acid groups (broad SMARTS) is 1. The van der Waals surface area contributed by atoms with Gasteiger partial charge >= 0.3 is 5.97 Å². The number of aliphatic hydroxyl groups excluding tert-OH is 1. The number of aliphatic hydroxyl groups is 1. The van der Waals surface area contributed by atoms with Crippen LogP contribution in [-0.2, 0) is 6.54 Å². The van der Waals surface area contributed by atoms with Crippen molar-refractivity contribution in [1.29, 1.82) is 0 Å². The van der Waals surface area contributed by atoms with Crippen molar-refractivity contribution in [3.8, 4) is 0 Å². The number of carbonyl (C=O) groups excluding carboxylic acids is 1. The van der Waals surface area contributed by atoms with E-state index in [9.17, 15) is 14.7 Å². The van der Waals surface area contributed by atoms with E-state index in [-0.39, 0.29) is 11.5 Å². The zero-order chi connectivity index (χ0) is 22.7. The van der Waals surface area contributed by atoms with Gasteiger partial charge in [-0.05, 0) is 92.5 Å². The number of carbonyl (C=O) groups is 2. The number of rotatable bonds is 6. The first kappa shape index (κ1) is 22.0. The molecule has 6 heteroatoms. The maximum Gasteiger partial charge on any atom is 0.335 e. The van der Waals surface area contributed by atoms with Gasteiger partial charge in [-0.1, -0.05) is 42.5 Å². The third kappa shape index (κ3) is 4.98. The van der Waals surface area contributed by atoms with Crippen molar-refractivity contribution in [2.75, 3.05) is 0 Å². The minimum atomic E-state index is -1.01. The molecule has 1 amide bonds. The van der Waals surface area contributed by atoms with E-state index in [4.69, 9.17) is 5.11 Å². The van der Waals surface area contributed by atoms with Crippen molar-refractivity contribution in [3.05, 3.63) is 116 Å². The topological polar surface area (TPSA) is 86.6 Å². The number of hydrogen-bond acceptors (Lipinski definition) is 3. The van der Waals surface area contributed by atoms with Crippen LogP contribution in [0, 0.1) is 3.57 Å². The van der Waals surface area contributed by atoms with Crippen LogP contribution in [0.3, 0.4) is 0 Å². The summed E-state index contributed by atoms with van der Waals surface area (Å²) in [7, 11) is 0. The van der Waals surface area contributed by atoms with Gasteiger partial charge in [0.05, 0.1) is 5.56 Å². The van der Waals surface area contributed by atoms with E-state index in [0.717, 1.165) is 19.9 Å². The summed E-state index contributed by atoms with van der Waals surface area (Å²) in [5.74, 6) is -1.18. The van der Waals surface area contributed by atoms with Gasteiger partial charge < -0.3 is 15.5 Å². The Hall–Kier alpha value is -3.23. The summed E-state index contributed by atoms with van der Waals surface area (Å²) in [4.78, 5) is 23.7. The molecule has 4 aromatic carbocycles. The van der Waals surface area contributed by atoms with Crippen LogP contribution in [0.2, 0.25) is 0 Å². The van der Waals surface area contributed by atoms with Gasteiger partial charge in [0.2, 0.25) is 0 Å². The fraction of sp³-hybridized carbons (Fsp3) is 0.0769. The fourth-order valence-electron chi connectivity index (χ4n) is 3.46. The molecule has 0 aliphatic rings. The predicted octanol–water partition coefficient (Wildman–Crippen LogP) is 5.15. The van der Waals surface area contributed by atoms with Crippen LogP contribution in [0.5, 0.6) is 0 Å². The van der Waals surface area contributed by atoms with Crippen molar-refractivity contribution >= 4 is 45.2 Å². The van der Waals surface area contributed by atoms with Crippen molar-refractivity contribution in [2.45, 2.75) is 12.6 Å². The molecule has 0 saturated heterocycles. The zero-order valence-electron chi connectivity index (χ0n) is 17.0. The lowest BCUT2D eigenvalue weighted by molar-refractivity contribution is 0.0696. The van der Waals surface area contributed by atoms with E-state index in [2.05, 4.69) is 27.9 Å². The average molecular weight is 537 g/mol. The van der Waals surface area contributed by atoms with Crippen LogP contribution in [0.4, 0.5) is 0 Å². The maximum absolute atomic E-state index is 12.6. The van der Waals surface area contributed by atoms with Crippen LogP contribution in [0.1, 0.15) is 43.5 Å². The summed E-state index contributed by atoms with van der Waals surface area (Å²) in [5, 5.41) is 24.5. The van der Waals surface area contributed by atoms with Gasteiger partial charge in [0.1, 0.15) is 6.10 Å². The number of halogens is 1. The molecule has 0 saturated carbocycles. The first-order valence-corrected chi connectivity index (χ1v) is 11.1. The van der Waals surface area contributed by atoms with Crippen LogP contribution in [0.15, 0.2) is 84.9 Å². The smallest absolute Gasteiger partial charge is 0.335 e. The van der Waals surface area contributed by atoms with E-state index in [1.165, 1.54) is 12.1 Å². The first-order valence-electron chi connectivity index (χ1n) is 9.98. The molecule has 0 fully saturated rings. The van der Waals surface area contributed by atoms with Gasteiger partial charge in [0.25, 0.3) is 5.91 Å². The lowest BCUT2D eigenvalue weighted by atomic mass is 9.97. The molecular weight excluding hydrogens is 517 g/mol. The van der Waals surface area contributed by atoms with Crippen LogP contribution in [-0.4, -0.2) is 22.1 Å². The Bertz CT molecular complexity index is 1280. The highest BCUT2D eigenvalue weighted by atomic mass is 127. The summed E-state index contributed by atoms with van der Waals surface area (Å²) >= 11 is 2.24. The zero-order valence-corrected chi connectivity index (χ0v) is 19.1. The third-order valence-corrected chi connectivity index (χ3v) is 6.00. The number of fused-ring (bicyclic) bond motifs is 1. The summed E-state index contributed by atoms with van der Waals surface area (Å²) in [6.45, 7) is 0.443. The minimum absolute atomic E-state index is 0.166. The van der Waals surface area contributed by atoms with Crippen molar-refractivity contribution < 1.29 is 19.8 Å². The number of aromatic carboxylic acids is 1. The molecule has 0 aliphatic heterocycles. The molecule has 32 heavy (non-hydrogen) atoms. The second-order valence-electron chi connectivity index (χ2n) is 7.46. The third-order valence-electron chi connectivity index (χ3n) is 5.28. The largest absolute Gasteiger partial charge is 0.478 e. The van der Waals surface area contributed by atoms with Gasteiger partial charge in [0, 0.05) is 15.7 Å². The SMILES string of the molecule is O=C(O)c1ccc(C(O)c2ccc3ccc(C(=O)NCc4ccc(I)cc4)cc3c2)cc1. The van der Waals surface area contributed by atoms with E-state index >= 15 is 0 Å². The molecule has 5 nitrogen and oxygen atoms in total. The molecule has 0 heterocycles. The number of hydrogen-bond donors (Lipinski definition) is 3. The average Bonchev–Trinajstić information content (AvgIpc) is 2.82. The molecule has 4 rings (SSSR count). The molecule has 0 aliphatic carbocycles. The Morgan fingerprint density at radius 3 is 2.09 bits per heavy atom. The molecule has 0 bridgehead atoms. The highest BCUT2D eigenvalue weighted by Gasteiger charge is 2.13. The summed E-state index contributed by atoms with van der Waals surface area (Å²) in [6.07, 6.45) is -0.902. The fourth-order valence-corrected chi connectivity index (χ4v) is 3.82.